The van der Waals surface area contributed by atoms with Crippen LogP contribution < -0.4 is 5.32 Å². The number of anilines is 2. The van der Waals surface area contributed by atoms with Crippen LogP contribution >= 0.6 is 11.3 Å². The number of hydrogen-bond acceptors (Lipinski definition) is 5. The van der Waals surface area contributed by atoms with Gasteiger partial charge in [0.2, 0.25) is 5.88 Å². The van der Waals surface area contributed by atoms with Crippen LogP contribution in [0.3, 0.4) is 0 Å². The molecule has 0 unspecified atom stereocenters. The molecule has 0 aliphatic rings. The third-order valence-corrected chi connectivity index (χ3v) is 3.27. The Labute approximate surface area is 108 Å². The van der Waals surface area contributed by atoms with Crippen LogP contribution in [0.25, 0.3) is 0 Å². The van der Waals surface area contributed by atoms with Gasteiger partial charge in [0.05, 0.1) is 11.3 Å². The van der Waals surface area contributed by atoms with E-state index in [1.165, 1.54) is 16.7 Å². The SMILES string of the molecule is C[C@H](C(=O)O)c1ccc(Nc2nc(O)cs2)cc1. The topological polar surface area (TPSA) is 82.5 Å². The molecule has 94 valence electrons. The van der Waals surface area contributed by atoms with Crippen LogP contribution in [0.5, 0.6) is 5.88 Å². The molecule has 0 amide bonds. The van der Waals surface area contributed by atoms with Gasteiger partial charge in [0.25, 0.3) is 0 Å². The summed E-state index contributed by atoms with van der Waals surface area (Å²) in [5.41, 5.74) is 1.54. The van der Waals surface area contributed by atoms with E-state index in [1.54, 1.807) is 31.2 Å². The van der Waals surface area contributed by atoms with E-state index in [-0.39, 0.29) is 5.88 Å². The molecule has 1 aromatic carbocycles. The zero-order valence-corrected chi connectivity index (χ0v) is 10.4. The van der Waals surface area contributed by atoms with Gasteiger partial charge in [-0.25, -0.2) is 0 Å². The number of carboxylic acids is 1. The third-order valence-electron chi connectivity index (χ3n) is 2.52. The van der Waals surface area contributed by atoms with E-state index >= 15 is 0 Å². The van der Waals surface area contributed by atoms with E-state index in [0.717, 1.165) is 11.3 Å². The Hall–Kier alpha value is -2.08. The molecule has 1 atom stereocenters. The summed E-state index contributed by atoms with van der Waals surface area (Å²) in [5, 5.41) is 23.1. The number of aromatic hydroxyl groups is 1. The summed E-state index contributed by atoms with van der Waals surface area (Å²) in [6.07, 6.45) is 0. The minimum Gasteiger partial charge on any atom is -0.493 e. The lowest BCUT2D eigenvalue weighted by atomic mass is 10.0. The van der Waals surface area contributed by atoms with Gasteiger partial charge >= 0.3 is 5.97 Å². The first-order valence-corrected chi connectivity index (χ1v) is 6.18. The van der Waals surface area contributed by atoms with Crippen LogP contribution in [0.15, 0.2) is 29.6 Å². The van der Waals surface area contributed by atoms with Crippen molar-refractivity contribution in [1.82, 2.24) is 4.98 Å². The lowest BCUT2D eigenvalue weighted by Gasteiger charge is -2.08. The predicted molar refractivity (Wildman–Crippen MR) is 69.6 cm³/mol. The summed E-state index contributed by atoms with van der Waals surface area (Å²) in [7, 11) is 0. The molecule has 1 aromatic heterocycles. The normalized spacial score (nSPS) is 12.1. The van der Waals surface area contributed by atoms with Gasteiger partial charge in [-0.2, -0.15) is 4.98 Å². The molecule has 0 saturated heterocycles. The molecule has 0 aliphatic heterocycles. The van der Waals surface area contributed by atoms with E-state index in [2.05, 4.69) is 10.3 Å². The van der Waals surface area contributed by atoms with Crippen LogP contribution in [0.1, 0.15) is 18.4 Å². The molecule has 2 rings (SSSR count). The number of benzene rings is 1. The van der Waals surface area contributed by atoms with E-state index in [1.807, 2.05) is 0 Å². The maximum absolute atomic E-state index is 10.8. The number of thiazole rings is 1. The fourth-order valence-corrected chi connectivity index (χ4v) is 2.04. The van der Waals surface area contributed by atoms with Crippen molar-refractivity contribution >= 4 is 28.1 Å². The monoisotopic (exact) mass is 264 g/mol. The molecule has 0 spiro atoms. The molecule has 0 bridgehead atoms. The second-order valence-corrected chi connectivity index (χ2v) is 4.68. The van der Waals surface area contributed by atoms with Gasteiger partial charge in [-0.1, -0.05) is 12.1 Å². The smallest absolute Gasteiger partial charge is 0.310 e. The second-order valence-electron chi connectivity index (χ2n) is 3.82. The molecular formula is C12H12N2O3S. The lowest BCUT2D eigenvalue weighted by Crippen LogP contribution is -2.07. The van der Waals surface area contributed by atoms with Gasteiger partial charge in [-0.15, -0.1) is 11.3 Å². The number of aliphatic carboxylic acids is 1. The Morgan fingerprint density at radius 3 is 2.56 bits per heavy atom. The first-order chi connectivity index (χ1) is 8.56. The van der Waals surface area contributed by atoms with Crippen molar-refractivity contribution in [3.8, 4) is 5.88 Å². The van der Waals surface area contributed by atoms with Gasteiger partial charge in [-0.3, -0.25) is 4.79 Å². The first kappa shape index (κ1) is 12.4. The average Bonchev–Trinajstić information content (AvgIpc) is 2.75. The van der Waals surface area contributed by atoms with Crippen LogP contribution in [0.2, 0.25) is 0 Å². The Morgan fingerprint density at radius 2 is 2.06 bits per heavy atom. The number of carbonyl (C=O) groups is 1. The van der Waals surface area contributed by atoms with Crippen molar-refractivity contribution in [2.45, 2.75) is 12.8 Å². The third kappa shape index (κ3) is 2.78. The van der Waals surface area contributed by atoms with Crippen LogP contribution in [0, 0.1) is 0 Å². The largest absolute Gasteiger partial charge is 0.493 e. The quantitative estimate of drug-likeness (QED) is 0.791. The highest BCUT2D eigenvalue weighted by Crippen LogP contribution is 2.25. The molecule has 0 radical (unpaired) electrons. The van der Waals surface area contributed by atoms with Gasteiger partial charge in [-0.05, 0) is 24.6 Å². The van der Waals surface area contributed by atoms with Crippen molar-refractivity contribution in [2.75, 3.05) is 5.32 Å². The maximum Gasteiger partial charge on any atom is 0.310 e. The molecular weight excluding hydrogens is 252 g/mol. The number of rotatable bonds is 4. The van der Waals surface area contributed by atoms with E-state index in [0.29, 0.717) is 5.13 Å². The van der Waals surface area contributed by atoms with Gasteiger partial charge < -0.3 is 15.5 Å². The molecule has 6 heteroatoms. The van der Waals surface area contributed by atoms with E-state index < -0.39 is 11.9 Å². The molecule has 3 N–H and O–H groups in total. The molecule has 1 heterocycles. The fourth-order valence-electron chi connectivity index (χ4n) is 1.44. The number of aromatic nitrogens is 1. The highest BCUT2D eigenvalue weighted by molar-refractivity contribution is 7.13. The van der Waals surface area contributed by atoms with Gasteiger partial charge in [0, 0.05) is 5.69 Å². The second kappa shape index (κ2) is 5.05. The molecule has 5 nitrogen and oxygen atoms in total. The number of nitrogens with zero attached hydrogens (tertiary/aromatic N) is 1. The lowest BCUT2D eigenvalue weighted by molar-refractivity contribution is -0.138. The Bertz CT molecular complexity index is 551. The maximum atomic E-state index is 10.8. The van der Waals surface area contributed by atoms with Crippen molar-refractivity contribution in [1.29, 1.82) is 0 Å². The number of nitrogens with one attached hydrogen (secondary N) is 1. The van der Waals surface area contributed by atoms with Crippen LogP contribution in [-0.4, -0.2) is 21.2 Å². The Morgan fingerprint density at radius 1 is 1.39 bits per heavy atom. The van der Waals surface area contributed by atoms with Crippen LogP contribution in [-0.2, 0) is 4.79 Å². The molecule has 0 saturated carbocycles. The van der Waals surface area contributed by atoms with E-state index in [9.17, 15) is 4.79 Å². The molecule has 0 aliphatic carbocycles. The zero-order valence-electron chi connectivity index (χ0n) is 9.62. The first-order valence-electron chi connectivity index (χ1n) is 5.30. The minimum absolute atomic E-state index is 0.0152. The number of hydrogen-bond donors (Lipinski definition) is 3. The van der Waals surface area contributed by atoms with Crippen molar-refractivity contribution in [3.05, 3.63) is 35.2 Å². The fraction of sp³-hybridized carbons (Fsp3) is 0.167. The highest BCUT2D eigenvalue weighted by atomic mass is 32.1. The Balaban J connectivity index is 2.10. The summed E-state index contributed by atoms with van der Waals surface area (Å²) in [4.78, 5) is 14.7. The zero-order chi connectivity index (χ0) is 13.1. The van der Waals surface area contributed by atoms with Gasteiger partial charge in [0.1, 0.15) is 0 Å². The number of carboxylic acid groups (broad SMARTS) is 1. The molecule has 0 fully saturated rings. The van der Waals surface area contributed by atoms with Crippen molar-refractivity contribution in [3.63, 3.8) is 0 Å². The Kier molecular flexibility index (Phi) is 3.47. The standard InChI is InChI=1S/C12H12N2O3S/c1-7(11(16)17)8-2-4-9(5-3-8)13-12-14-10(15)6-18-12/h2-7,15H,1H3,(H,13,14)(H,16,17)/t7-/m0/s1. The van der Waals surface area contributed by atoms with Crippen molar-refractivity contribution < 1.29 is 15.0 Å². The van der Waals surface area contributed by atoms with Gasteiger partial charge in [0.15, 0.2) is 5.13 Å². The minimum atomic E-state index is -0.847. The molecule has 18 heavy (non-hydrogen) atoms. The average molecular weight is 264 g/mol. The summed E-state index contributed by atoms with van der Waals surface area (Å²) in [6.45, 7) is 1.64. The summed E-state index contributed by atoms with van der Waals surface area (Å²) >= 11 is 1.29. The summed E-state index contributed by atoms with van der Waals surface area (Å²) in [6, 6.07) is 7.09. The van der Waals surface area contributed by atoms with Crippen molar-refractivity contribution in [2.24, 2.45) is 0 Å². The highest BCUT2D eigenvalue weighted by Gasteiger charge is 2.13. The molecule has 2 aromatic rings. The summed E-state index contributed by atoms with van der Waals surface area (Å²) in [5.74, 6) is -1.39. The van der Waals surface area contributed by atoms with E-state index in [4.69, 9.17) is 10.2 Å². The predicted octanol–water partition coefficient (Wildman–Crippen LogP) is 2.78. The van der Waals surface area contributed by atoms with Crippen LogP contribution in [0.4, 0.5) is 10.8 Å². The summed E-state index contributed by atoms with van der Waals surface area (Å²) < 4.78 is 0.